The topological polar surface area (TPSA) is 52.7 Å². The lowest BCUT2D eigenvalue weighted by atomic mass is 10.0. The first-order valence-corrected chi connectivity index (χ1v) is 8.60. The molecule has 7 heteroatoms. The van der Waals surface area contributed by atoms with Gasteiger partial charge in [0.15, 0.2) is 0 Å². The first kappa shape index (κ1) is 16.4. The number of benzene rings is 1. The van der Waals surface area contributed by atoms with Gasteiger partial charge < -0.3 is 15.1 Å². The summed E-state index contributed by atoms with van der Waals surface area (Å²) in [5.41, 5.74) is 0.0756. The highest BCUT2D eigenvalue weighted by atomic mass is 79.9. The third kappa shape index (κ3) is 3.55. The summed E-state index contributed by atoms with van der Waals surface area (Å²) in [6.07, 6.45) is 1.71. The van der Waals surface area contributed by atoms with Crippen LogP contribution in [0.5, 0.6) is 0 Å². The molecule has 0 bridgehead atoms. The molecule has 0 spiro atoms. The van der Waals surface area contributed by atoms with E-state index in [1.807, 2.05) is 4.90 Å². The minimum atomic E-state index is -0.515. The van der Waals surface area contributed by atoms with E-state index in [0.29, 0.717) is 30.7 Å². The van der Waals surface area contributed by atoms with Crippen LogP contribution in [0.2, 0.25) is 0 Å². The Balaban J connectivity index is 1.74. The summed E-state index contributed by atoms with van der Waals surface area (Å²) in [5, 5.41) is 3.05. The van der Waals surface area contributed by atoms with Crippen molar-refractivity contribution in [3.8, 4) is 0 Å². The zero-order chi connectivity index (χ0) is 16.4. The lowest BCUT2D eigenvalue weighted by Crippen LogP contribution is -2.57. The third-order valence-corrected chi connectivity index (χ3v) is 4.90. The smallest absolute Gasteiger partial charge is 0.256 e. The van der Waals surface area contributed by atoms with Gasteiger partial charge in [0.1, 0.15) is 5.82 Å². The van der Waals surface area contributed by atoms with Gasteiger partial charge in [-0.05, 0) is 31.0 Å². The highest BCUT2D eigenvalue weighted by molar-refractivity contribution is 9.10. The Kier molecular flexibility index (Phi) is 4.96. The summed E-state index contributed by atoms with van der Waals surface area (Å²) in [6, 6.07) is 4.40. The molecule has 2 fully saturated rings. The maximum absolute atomic E-state index is 13.9. The lowest BCUT2D eigenvalue weighted by Gasteiger charge is -2.41. The molecule has 1 N–H and O–H groups in total. The number of nitrogens with one attached hydrogen (secondary N) is 1. The number of piperazine rings is 1. The molecule has 1 atom stereocenters. The molecule has 0 aliphatic carbocycles. The first-order chi connectivity index (χ1) is 11.1. The molecule has 2 aliphatic rings. The molecule has 3 rings (SSSR count). The maximum atomic E-state index is 13.9. The average molecular weight is 384 g/mol. The quantitative estimate of drug-likeness (QED) is 0.844. The zero-order valence-corrected chi connectivity index (χ0v) is 14.3. The van der Waals surface area contributed by atoms with Gasteiger partial charge in [-0.2, -0.15) is 0 Å². The Hall–Kier alpha value is -1.47. The van der Waals surface area contributed by atoms with Gasteiger partial charge in [0, 0.05) is 36.7 Å². The monoisotopic (exact) mass is 383 g/mol. The molecular weight excluding hydrogens is 365 g/mol. The van der Waals surface area contributed by atoms with Crippen LogP contribution in [0.25, 0.3) is 0 Å². The summed E-state index contributed by atoms with van der Waals surface area (Å²) in [7, 11) is 0. The number of likely N-dealkylation sites (tertiary alicyclic amines) is 1. The molecule has 2 heterocycles. The zero-order valence-electron chi connectivity index (χ0n) is 12.7. The van der Waals surface area contributed by atoms with E-state index in [1.165, 1.54) is 12.1 Å². The van der Waals surface area contributed by atoms with E-state index in [4.69, 9.17) is 0 Å². The van der Waals surface area contributed by atoms with Crippen LogP contribution in [0.4, 0.5) is 4.39 Å². The Morgan fingerprint density at radius 1 is 1.35 bits per heavy atom. The minimum absolute atomic E-state index is 0.0255. The summed E-state index contributed by atoms with van der Waals surface area (Å²) >= 11 is 3.27. The number of amides is 2. The van der Waals surface area contributed by atoms with E-state index < -0.39 is 5.82 Å². The fourth-order valence-electron chi connectivity index (χ4n) is 3.23. The lowest BCUT2D eigenvalue weighted by molar-refractivity contribution is -0.135. The molecule has 2 saturated heterocycles. The number of rotatable bonds is 2. The first-order valence-electron chi connectivity index (χ1n) is 7.81. The van der Waals surface area contributed by atoms with E-state index in [9.17, 15) is 14.0 Å². The van der Waals surface area contributed by atoms with Crippen LogP contribution in [0.1, 0.15) is 23.2 Å². The van der Waals surface area contributed by atoms with Crippen LogP contribution in [-0.2, 0) is 4.79 Å². The van der Waals surface area contributed by atoms with Crippen LogP contribution in [0.15, 0.2) is 22.7 Å². The molecule has 2 aliphatic heterocycles. The van der Waals surface area contributed by atoms with Gasteiger partial charge in [-0.25, -0.2) is 4.39 Å². The van der Waals surface area contributed by atoms with Crippen molar-refractivity contribution in [3.63, 3.8) is 0 Å². The van der Waals surface area contributed by atoms with Crippen molar-refractivity contribution in [2.75, 3.05) is 32.7 Å². The molecule has 1 aromatic carbocycles. The van der Waals surface area contributed by atoms with Gasteiger partial charge in [-0.15, -0.1) is 0 Å². The van der Waals surface area contributed by atoms with E-state index in [-0.39, 0.29) is 23.4 Å². The summed E-state index contributed by atoms with van der Waals surface area (Å²) in [5.74, 6) is -0.751. The van der Waals surface area contributed by atoms with Crippen LogP contribution < -0.4 is 5.32 Å². The van der Waals surface area contributed by atoms with Crippen LogP contribution in [-0.4, -0.2) is 60.4 Å². The third-order valence-electron chi connectivity index (χ3n) is 4.41. The number of hydrogen-bond donors (Lipinski definition) is 1. The molecule has 124 valence electrons. The Morgan fingerprint density at radius 2 is 2.17 bits per heavy atom. The highest BCUT2D eigenvalue weighted by Crippen LogP contribution is 2.22. The maximum Gasteiger partial charge on any atom is 0.256 e. The largest absolute Gasteiger partial charge is 0.336 e. The predicted molar refractivity (Wildman–Crippen MR) is 87.6 cm³/mol. The second-order valence-corrected chi connectivity index (χ2v) is 6.85. The van der Waals surface area contributed by atoms with Crippen molar-refractivity contribution in [1.29, 1.82) is 0 Å². The molecule has 1 aromatic rings. The second kappa shape index (κ2) is 6.97. The number of piperidine rings is 1. The van der Waals surface area contributed by atoms with Gasteiger partial charge in [0.2, 0.25) is 5.91 Å². The van der Waals surface area contributed by atoms with Gasteiger partial charge in [-0.3, -0.25) is 9.59 Å². The fourth-order valence-corrected chi connectivity index (χ4v) is 3.59. The van der Waals surface area contributed by atoms with Crippen molar-refractivity contribution in [2.24, 2.45) is 0 Å². The van der Waals surface area contributed by atoms with Gasteiger partial charge in [0.25, 0.3) is 5.91 Å². The molecule has 23 heavy (non-hydrogen) atoms. The standard InChI is InChI=1S/C16H19BrFN3O2/c17-11-3-4-14(18)13(8-11)16(23)20-6-1-2-12(10-20)21-7-5-19-9-15(21)22/h3-4,8,12,19H,1-2,5-7,9-10H2. The van der Waals surface area contributed by atoms with E-state index in [1.54, 1.807) is 11.0 Å². The van der Waals surface area contributed by atoms with Crippen molar-refractivity contribution in [1.82, 2.24) is 15.1 Å². The van der Waals surface area contributed by atoms with Gasteiger partial charge in [0.05, 0.1) is 12.1 Å². The Bertz CT molecular complexity index is 625. The van der Waals surface area contributed by atoms with Crippen molar-refractivity contribution >= 4 is 27.7 Å². The van der Waals surface area contributed by atoms with E-state index in [2.05, 4.69) is 21.2 Å². The molecule has 2 amide bonds. The molecule has 0 saturated carbocycles. The molecule has 5 nitrogen and oxygen atoms in total. The Morgan fingerprint density at radius 3 is 2.96 bits per heavy atom. The summed E-state index contributed by atoms with van der Waals surface area (Å²) in [6.45, 7) is 2.86. The van der Waals surface area contributed by atoms with Crippen molar-refractivity contribution < 1.29 is 14.0 Å². The molecular formula is C16H19BrFN3O2. The summed E-state index contributed by atoms with van der Waals surface area (Å²) < 4.78 is 14.6. The fraction of sp³-hybridized carbons (Fsp3) is 0.500. The second-order valence-electron chi connectivity index (χ2n) is 5.94. The number of hydrogen-bond acceptors (Lipinski definition) is 3. The van der Waals surface area contributed by atoms with Gasteiger partial charge >= 0.3 is 0 Å². The van der Waals surface area contributed by atoms with E-state index >= 15 is 0 Å². The summed E-state index contributed by atoms with van der Waals surface area (Å²) in [4.78, 5) is 28.2. The average Bonchev–Trinajstić information content (AvgIpc) is 2.57. The number of halogens is 2. The molecule has 0 aromatic heterocycles. The highest BCUT2D eigenvalue weighted by Gasteiger charge is 2.32. The van der Waals surface area contributed by atoms with E-state index in [0.717, 1.165) is 19.4 Å². The SMILES string of the molecule is O=C(c1cc(Br)ccc1F)N1CCCC(N2CCNCC2=O)C1. The Labute approximate surface area is 142 Å². The van der Waals surface area contributed by atoms with Crippen molar-refractivity contribution in [2.45, 2.75) is 18.9 Å². The van der Waals surface area contributed by atoms with Crippen LogP contribution in [0.3, 0.4) is 0 Å². The van der Waals surface area contributed by atoms with Crippen LogP contribution >= 0.6 is 15.9 Å². The van der Waals surface area contributed by atoms with Gasteiger partial charge in [-0.1, -0.05) is 15.9 Å². The molecule has 1 unspecified atom stereocenters. The number of carbonyl (C=O) groups is 2. The molecule has 0 radical (unpaired) electrons. The minimum Gasteiger partial charge on any atom is -0.336 e. The van der Waals surface area contributed by atoms with Crippen molar-refractivity contribution in [3.05, 3.63) is 34.1 Å². The number of nitrogens with zero attached hydrogens (tertiary/aromatic N) is 2. The number of carbonyl (C=O) groups excluding carboxylic acids is 2. The normalized spacial score (nSPS) is 22.3. The predicted octanol–water partition coefficient (Wildman–Crippen LogP) is 1.62. The van der Waals surface area contributed by atoms with Crippen LogP contribution in [0, 0.1) is 5.82 Å².